The molecule has 0 saturated carbocycles. The van der Waals surface area contributed by atoms with Crippen molar-refractivity contribution in [1.29, 1.82) is 0 Å². The molecule has 6 nitrogen and oxygen atoms in total. The first kappa shape index (κ1) is 15.8. The summed E-state index contributed by atoms with van der Waals surface area (Å²) in [7, 11) is 0. The van der Waals surface area contributed by atoms with E-state index in [2.05, 4.69) is 20.6 Å². The zero-order valence-corrected chi connectivity index (χ0v) is 14.6. The van der Waals surface area contributed by atoms with Crippen molar-refractivity contribution in [1.82, 2.24) is 19.8 Å². The molecule has 3 heterocycles. The van der Waals surface area contributed by atoms with Crippen LogP contribution in [0.2, 0.25) is 0 Å². The molecule has 25 heavy (non-hydrogen) atoms. The summed E-state index contributed by atoms with van der Waals surface area (Å²) in [6.07, 6.45) is 0. The number of hydrogen-bond acceptors (Lipinski definition) is 6. The molecular formula is C17H13N5OS2. The van der Waals surface area contributed by atoms with Crippen LogP contribution in [0.1, 0.15) is 0 Å². The van der Waals surface area contributed by atoms with Gasteiger partial charge in [0.05, 0.1) is 10.6 Å². The Balaban J connectivity index is 1.49. The van der Waals surface area contributed by atoms with Crippen molar-refractivity contribution in [3.8, 4) is 10.6 Å². The number of benzene rings is 1. The maximum atomic E-state index is 12.1. The summed E-state index contributed by atoms with van der Waals surface area (Å²) >= 11 is 2.93. The van der Waals surface area contributed by atoms with E-state index < -0.39 is 0 Å². The molecule has 0 aliphatic heterocycles. The molecule has 4 aromatic rings. The van der Waals surface area contributed by atoms with Gasteiger partial charge in [-0.15, -0.1) is 21.5 Å². The third kappa shape index (κ3) is 3.54. The van der Waals surface area contributed by atoms with Gasteiger partial charge in [0.15, 0.2) is 5.65 Å². The number of para-hydroxylation sites is 1. The number of anilines is 1. The highest BCUT2D eigenvalue weighted by Gasteiger charge is 2.12. The summed E-state index contributed by atoms with van der Waals surface area (Å²) < 4.78 is 1.68. The number of carbonyl (C=O) groups excluding carboxylic acids is 1. The smallest absolute Gasteiger partial charge is 0.234 e. The first-order chi connectivity index (χ1) is 12.3. The Morgan fingerprint density at radius 1 is 1.08 bits per heavy atom. The number of nitrogens with zero attached hydrogens (tertiary/aromatic N) is 4. The minimum absolute atomic E-state index is 0.0950. The number of amides is 1. The standard InChI is InChI=1S/C17H13N5OS2/c23-16(18-12-5-2-1-3-6-12)11-25-17-20-19-15-9-8-13(21-22(15)17)14-7-4-10-24-14/h1-10H,11H2,(H,18,23). The molecule has 0 atom stereocenters. The van der Waals surface area contributed by atoms with Crippen LogP contribution in [-0.4, -0.2) is 31.5 Å². The van der Waals surface area contributed by atoms with Gasteiger partial charge >= 0.3 is 0 Å². The first-order valence-electron chi connectivity index (χ1n) is 7.54. The highest BCUT2D eigenvalue weighted by atomic mass is 32.2. The Hall–Kier alpha value is -2.71. The molecule has 0 spiro atoms. The Morgan fingerprint density at radius 3 is 2.76 bits per heavy atom. The van der Waals surface area contributed by atoms with Gasteiger partial charge in [-0.3, -0.25) is 4.79 Å². The van der Waals surface area contributed by atoms with Crippen LogP contribution in [0.25, 0.3) is 16.2 Å². The predicted molar refractivity (Wildman–Crippen MR) is 99.9 cm³/mol. The van der Waals surface area contributed by atoms with E-state index in [0.717, 1.165) is 16.3 Å². The Morgan fingerprint density at radius 2 is 1.96 bits per heavy atom. The molecule has 0 radical (unpaired) electrons. The molecule has 1 amide bonds. The van der Waals surface area contributed by atoms with Gasteiger partial charge in [0, 0.05) is 5.69 Å². The number of thioether (sulfide) groups is 1. The SMILES string of the molecule is O=C(CSc1nnc2ccc(-c3cccs3)nn12)Nc1ccccc1. The van der Waals surface area contributed by atoms with Gasteiger partial charge in [-0.1, -0.05) is 36.0 Å². The second kappa shape index (κ2) is 7.04. The van der Waals surface area contributed by atoms with Crippen LogP contribution in [0.15, 0.2) is 65.1 Å². The van der Waals surface area contributed by atoms with Gasteiger partial charge in [0.1, 0.15) is 5.69 Å². The van der Waals surface area contributed by atoms with Crippen LogP contribution in [0.3, 0.4) is 0 Å². The summed E-state index contributed by atoms with van der Waals surface area (Å²) in [5.41, 5.74) is 2.29. The average molecular weight is 367 g/mol. The number of nitrogens with one attached hydrogen (secondary N) is 1. The van der Waals surface area contributed by atoms with Crippen molar-refractivity contribution >= 4 is 40.3 Å². The quantitative estimate of drug-likeness (QED) is 0.546. The lowest BCUT2D eigenvalue weighted by Crippen LogP contribution is -2.14. The zero-order valence-electron chi connectivity index (χ0n) is 13.0. The van der Waals surface area contributed by atoms with Crippen LogP contribution in [0, 0.1) is 0 Å². The molecule has 3 aromatic heterocycles. The monoisotopic (exact) mass is 367 g/mol. The summed E-state index contributed by atoms with van der Waals surface area (Å²) in [4.78, 5) is 13.2. The molecule has 0 aliphatic carbocycles. The van der Waals surface area contributed by atoms with Crippen LogP contribution in [-0.2, 0) is 4.79 Å². The normalized spacial score (nSPS) is 10.9. The van der Waals surface area contributed by atoms with E-state index in [1.165, 1.54) is 11.8 Å². The lowest BCUT2D eigenvalue weighted by atomic mass is 10.3. The molecule has 0 aliphatic rings. The summed E-state index contributed by atoms with van der Waals surface area (Å²) in [6, 6.07) is 17.2. The van der Waals surface area contributed by atoms with Crippen LogP contribution in [0.4, 0.5) is 5.69 Å². The Kier molecular flexibility index (Phi) is 4.45. The molecule has 4 rings (SSSR count). The van der Waals surface area contributed by atoms with Crippen molar-refractivity contribution < 1.29 is 4.79 Å². The molecule has 0 unspecified atom stereocenters. The van der Waals surface area contributed by atoms with Crippen LogP contribution in [0.5, 0.6) is 0 Å². The van der Waals surface area contributed by atoms with Crippen LogP contribution < -0.4 is 5.32 Å². The van der Waals surface area contributed by atoms with Crippen molar-refractivity contribution in [2.75, 3.05) is 11.1 Å². The van der Waals surface area contributed by atoms with Gasteiger partial charge < -0.3 is 5.32 Å². The fourth-order valence-electron chi connectivity index (χ4n) is 2.26. The van der Waals surface area contributed by atoms with E-state index >= 15 is 0 Å². The molecule has 1 aromatic carbocycles. The maximum Gasteiger partial charge on any atom is 0.234 e. The molecule has 0 fully saturated rings. The van der Waals surface area contributed by atoms with E-state index in [-0.39, 0.29) is 11.7 Å². The predicted octanol–water partition coefficient (Wildman–Crippen LogP) is 3.58. The van der Waals surface area contributed by atoms with Crippen molar-refractivity contribution in [3.05, 3.63) is 60.0 Å². The van der Waals surface area contributed by atoms with Gasteiger partial charge in [-0.25, -0.2) is 0 Å². The zero-order chi connectivity index (χ0) is 17.1. The maximum absolute atomic E-state index is 12.1. The van der Waals surface area contributed by atoms with Crippen LogP contribution >= 0.6 is 23.1 Å². The average Bonchev–Trinajstić information content (AvgIpc) is 3.30. The number of carbonyl (C=O) groups is 1. The second-order valence-electron chi connectivity index (χ2n) is 5.15. The number of fused-ring (bicyclic) bond motifs is 1. The van der Waals surface area contributed by atoms with Gasteiger partial charge in [-0.05, 0) is 35.7 Å². The Labute approximate surface area is 151 Å². The molecule has 8 heteroatoms. The molecule has 124 valence electrons. The van der Waals surface area contributed by atoms with Gasteiger partial charge in [-0.2, -0.15) is 9.61 Å². The molecular weight excluding hydrogens is 354 g/mol. The topological polar surface area (TPSA) is 72.2 Å². The van der Waals surface area contributed by atoms with Gasteiger partial charge in [0.25, 0.3) is 0 Å². The second-order valence-corrected chi connectivity index (χ2v) is 7.04. The van der Waals surface area contributed by atoms with E-state index in [0.29, 0.717) is 10.8 Å². The van der Waals surface area contributed by atoms with E-state index in [9.17, 15) is 4.79 Å². The first-order valence-corrected chi connectivity index (χ1v) is 9.40. The molecule has 1 N–H and O–H groups in total. The summed E-state index contributed by atoms with van der Waals surface area (Å²) in [6.45, 7) is 0. The number of hydrogen-bond donors (Lipinski definition) is 1. The van der Waals surface area contributed by atoms with E-state index in [1.807, 2.05) is 60.0 Å². The molecule has 0 saturated heterocycles. The summed E-state index contributed by atoms with van der Waals surface area (Å²) in [5, 5.41) is 18.3. The van der Waals surface area contributed by atoms with Gasteiger partial charge in [0.2, 0.25) is 11.1 Å². The number of rotatable bonds is 5. The minimum atomic E-state index is -0.0950. The highest BCUT2D eigenvalue weighted by molar-refractivity contribution is 7.99. The third-order valence-corrected chi connectivity index (χ3v) is 5.21. The summed E-state index contributed by atoms with van der Waals surface area (Å²) in [5.74, 6) is 0.142. The minimum Gasteiger partial charge on any atom is -0.325 e. The van der Waals surface area contributed by atoms with E-state index in [1.54, 1.807) is 15.9 Å². The van der Waals surface area contributed by atoms with Crippen molar-refractivity contribution in [2.45, 2.75) is 5.16 Å². The lowest BCUT2D eigenvalue weighted by molar-refractivity contribution is -0.113. The number of aromatic nitrogens is 4. The lowest BCUT2D eigenvalue weighted by Gasteiger charge is -2.04. The largest absolute Gasteiger partial charge is 0.325 e. The fourth-order valence-corrected chi connectivity index (χ4v) is 3.64. The molecule has 0 bridgehead atoms. The number of thiophene rings is 1. The van der Waals surface area contributed by atoms with Crippen molar-refractivity contribution in [2.24, 2.45) is 0 Å². The van der Waals surface area contributed by atoms with Crippen molar-refractivity contribution in [3.63, 3.8) is 0 Å². The Bertz CT molecular complexity index is 999. The van der Waals surface area contributed by atoms with E-state index in [4.69, 9.17) is 0 Å². The fraction of sp³-hybridized carbons (Fsp3) is 0.0588. The highest BCUT2D eigenvalue weighted by Crippen LogP contribution is 2.24. The third-order valence-electron chi connectivity index (χ3n) is 3.40.